The van der Waals surface area contributed by atoms with Crippen molar-refractivity contribution < 1.29 is 14.2 Å². The molecule has 1 saturated carbocycles. The average molecular weight is 367 g/mol. The molecule has 3 aliphatic rings. The molecular formula is C21H38N2O3. The van der Waals surface area contributed by atoms with Crippen molar-refractivity contribution in [3.05, 3.63) is 0 Å². The largest absolute Gasteiger partial charge is 0.382 e. The number of hydrogen-bond acceptors (Lipinski definition) is 5. The van der Waals surface area contributed by atoms with E-state index in [9.17, 15) is 0 Å². The monoisotopic (exact) mass is 366 g/mol. The fraction of sp³-hybridized carbons (Fsp3) is 0.952. The smallest absolute Gasteiger partial charge is 0.172 e. The van der Waals surface area contributed by atoms with E-state index in [1.54, 1.807) is 7.11 Å². The lowest BCUT2D eigenvalue weighted by molar-refractivity contribution is -0.251. The Balaban J connectivity index is 1.71. The van der Waals surface area contributed by atoms with E-state index in [-0.39, 0.29) is 11.2 Å². The Morgan fingerprint density at radius 1 is 1.27 bits per heavy atom. The van der Waals surface area contributed by atoms with Gasteiger partial charge in [-0.2, -0.15) is 5.10 Å². The van der Waals surface area contributed by atoms with Crippen molar-refractivity contribution in [2.24, 2.45) is 22.4 Å². The van der Waals surface area contributed by atoms with Crippen LogP contribution in [-0.2, 0) is 14.2 Å². The molecule has 3 atom stereocenters. The SMILES string of the molecule is CCC/C(=N\N1CCC[C@H]1COC)[C@@H](CC)[C@H]1CC12OCC(C)(C)CO2. The van der Waals surface area contributed by atoms with Crippen LogP contribution in [0.1, 0.15) is 66.2 Å². The minimum absolute atomic E-state index is 0.128. The maximum Gasteiger partial charge on any atom is 0.172 e. The van der Waals surface area contributed by atoms with Crippen LogP contribution in [0.15, 0.2) is 5.10 Å². The summed E-state index contributed by atoms with van der Waals surface area (Å²) < 4.78 is 17.9. The molecule has 0 aromatic carbocycles. The first-order valence-electron chi connectivity index (χ1n) is 10.6. The van der Waals surface area contributed by atoms with Gasteiger partial charge in [-0.25, -0.2) is 0 Å². The Labute approximate surface area is 159 Å². The fourth-order valence-corrected chi connectivity index (χ4v) is 4.54. The van der Waals surface area contributed by atoms with Crippen LogP contribution in [0.4, 0.5) is 0 Å². The lowest BCUT2D eigenvalue weighted by Gasteiger charge is -2.36. The highest BCUT2D eigenvalue weighted by atomic mass is 16.7. The van der Waals surface area contributed by atoms with Gasteiger partial charge in [0.2, 0.25) is 0 Å². The van der Waals surface area contributed by atoms with E-state index in [2.05, 4.69) is 32.7 Å². The van der Waals surface area contributed by atoms with Gasteiger partial charge in [0, 0.05) is 43.0 Å². The van der Waals surface area contributed by atoms with Crippen LogP contribution in [0.2, 0.25) is 0 Å². The third-order valence-corrected chi connectivity index (χ3v) is 6.15. The summed E-state index contributed by atoms with van der Waals surface area (Å²) in [6, 6.07) is 0.431. The molecule has 2 aliphatic heterocycles. The quantitative estimate of drug-likeness (QED) is 0.608. The van der Waals surface area contributed by atoms with E-state index in [0.717, 1.165) is 52.0 Å². The predicted octanol–water partition coefficient (Wildman–Crippen LogP) is 4.07. The second-order valence-corrected chi connectivity index (χ2v) is 9.13. The Hall–Kier alpha value is -0.650. The van der Waals surface area contributed by atoms with Gasteiger partial charge in [-0.15, -0.1) is 0 Å². The van der Waals surface area contributed by atoms with E-state index in [1.165, 1.54) is 18.6 Å². The van der Waals surface area contributed by atoms with Gasteiger partial charge in [0.1, 0.15) is 0 Å². The summed E-state index contributed by atoms with van der Waals surface area (Å²) in [5.41, 5.74) is 1.47. The molecule has 0 unspecified atom stereocenters. The molecule has 2 saturated heterocycles. The van der Waals surface area contributed by atoms with Crippen molar-refractivity contribution in [3.63, 3.8) is 0 Å². The molecule has 0 aromatic heterocycles. The van der Waals surface area contributed by atoms with Gasteiger partial charge in [0.25, 0.3) is 0 Å². The molecule has 1 spiro atoms. The van der Waals surface area contributed by atoms with Gasteiger partial charge in [0.15, 0.2) is 5.79 Å². The number of hydrazone groups is 1. The maximum absolute atomic E-state index is 6.23. The summed E-state index contributed by atoms with van der Waals surface area (Å²) in [4.78, 5) is 0. The third kappa shape index (κ3) is 4.26. The first-order chi connectivity index (χ1) is 12.4. The van der Waals surface area contributed by atoms with E-state index in [1.807, 2.05) is 0 Å². The summed E-state index contributed by atoms with van der Waals surface area (Å²) in [6.07, 6.45) is 6.71. The Kier molecular flexibility index (Phi) is 6.30. The van der Waals surface area contributed by atoms with Crippen LogP contribution >= 0.6 is 0 Å². The van der Waals surface area contributed by atoms with Crippen LogP contribution in [-0.4, -0.2) is 56.0 Å². The molecular weight excluding hydrogens is 328 g/mol. The Morgan fingerprint density at radius 2 is 2.00 bits per heavy atom. The van der Waals surface area contributed by atoms with E-state index >= 15 is 0 Å². The number of ether oxygens (including phenoxy) is 3. The molecule has 5 heteroatoms. The zero-order chi connectivity index (χ0) is 18.8. The topological polar surface area (TPSA) is 43.3 Å². The molecule has 0 aromatic rings. The van der Waals surface area contributed by atoms with Crippen molar-refractivity contribution in [1.82, 2.24) is 5.01 Å². The van der Waals surface area contributed by atoms with Gasteiger partial charge >= 0.3 is 0 Å². The number of nitrogens with zero attached hydrogens (tertiary/aromatic N) is 2. The highest BCUT2D eigenvalue weighted by molar-refractivity contribution is 5.87. The van der Waals surface area contributed by atoms with Crippen molar-refractivity contribution >= 4 is 5.71 Å². The Bertz CT molecular complexity index is 495. The van der Waals surface area contributed by atoms with Crippen LogP contribution < -0.4 is 0 Å². The standard InChI is InChI=1S/C21H38N2O3/c1-6-9-19(22-23-11-8-10-16(23)13-24-5)17(7-2)18-12-21(18)25-14-20(3,4)15-26-21/h16-18H,6-15H2,1-5H3/b22-19+/t16-,17-,18+/m0/s1. The second kappa shape index (κ2) is 8.15. The molecule has 5 nitrogen and oxygen atoms in total. The zero-order valence-electron chi connectivity index (χ0n) is 17.4. The first kappa shape index (κ1) is 20.1. The molecule has 150 valence electrons. The highest BCUT2D eigenvalue weighted by Gasteiger charge is 2.63. The zero-order valence-corrected chi connectivity index (χ0v) is 17.4. The summed E-state index contributed by atoms with van der Waals surface area (Å²) in [7, 11) is 1.79. The van der Waals surface area contributed by atoms with Gasteiger partial charge < -0.3 is 14.2 Å². The van der Waals surface area contributed by atoms with Crippen LogP contribution in [0.3, 0.4) is 0 Å². The lowest BCUT2D eigenvalue weighted by atomic mass is 9.90. The maximum atomic E-state index is 6.23. The number of hydrogen-bond donors (Lipinski definition) is 0. The lowest BCUT2D eigenvalue weighted by Crippen LogP contribution is -2.41. The van der Waals surface area contributed by atoms with Crippen LogP contribution in [0.25, 0.3) is 0 Å². The molecule has 1 aliphatic carbocycles. The van der Waals surface area contributed by atoms with E-state index in [0.29, 0.717) is 17.9 Å². The van der Waals surface area contributed by atoms with Gasteiger partial charge in [-0.05, 0) is 25.7 Å². The molecule has 0 amide bonds. The first-order valence-corrected chi connectivity index (χ1v) is 10.6. The summed E-state index contributed by atoms with van der Waals surface area (Å²) in [5, 5.41) is 7.45. The van der Waals surface area contributed by atoms with Gasteiger partial charge in [-0.3, -0.25) is 5.01 Å². The summed E-state index contributed by atoms with van der Waals surface area (Å²) in [5.74, 6) is 0.583. The summed E-state index contributed by atoms with van der Waals surface area (Å²) in [6.45, 7) is 12.4. The molecule has 0 N–H and O–H groups in total. The van der Waals surface area contributed by atoms with Gasteiger partial charge in [-0.1, -0.05) is 34.1 Å². The number of rotatable bonds is 8. The van der Waals surface area contributed by atoms with Gasteiger partial charge in [0.05, 0.1) is 25.9 Å². The molecule has 2 heterocycles. The van der Waals surface area contributed by atoms with Crippen LogP contribution in [0, 0.1) is 17.3 Å². The van der Waals surface area contributed by atoms with Crippen molar-refractivity contribution in [2.45, 2.75) is 78.0 Å². The minimum atomic E-state index is -0.332. The molecule has 26 heavy (non-hydrogen) atoms. The molecule has 3 rings (SSSR count). The second-order valence-electron chi connectivity index (χ2n) is 9.13. The van der Waals surface area contributed by atoms with Crippen molar-refractivity contribution in [1.29, 1.82) is 0 Å². The minimum Gasteiger partial charge on any atom is -0.382 e. The van der Waals surface area contributed by atoms with Crippen LogP contribution in [0.5, 0.6) is 0 Å². The Morgan fingerprint density at radius 3 is 2.62 bits per heavy atom. The fourth-order valence-electron chi connectivity index (χ4n) is 4.54. The molecule has 3 fully saturated rings. The highest BCUT2D eigenvalue weighted by Crippen LogP contribution is 2.56. The normalized spacial score (nSPS) is 31.4. The van der Waals surface area contributed by atoms with E-state index < -0.39 is 0 Å². The predicted molar refractivity (Wildman–Crippen MR) is 104 cm³/mol. The summed E-state index contributed by atoms with van der Waals surface area (Å²) >= 11 is 0. The van der Waals surface area contributed by atoms with Crippen molar-refractivity contribution in [3.8, 4) is 0 Å². The molecule has 0 bridgehead atoms. The van der Waals surface area contributed by atoms with E-state index in [4.69, 9.17) is 19.3 Å². The van der Waals surface area contributed by atoms with Crippen molar-refractivity contribution in [2.75, 3.05) is 33.5 Å². The third-order valence-electron chi connectivity index (χ3n) is 6.15. The molecule has 0 radical (unpaired) electrons. The number of methoxy groups -OCH3 is 1. The average Bonchev–Trinajstić information content (AvgIpc) is 3.13.